The summed E-state index contributed by atoms with van der Waals surface area (Å²) in [7, 11) is 0. The Bertz CT molecular complexity index is 1800. The number of hydrogen-bond acceptors (Lipinski definition) is 7. The van der Waals surface area contributed by atoms with E-state index in [9.17, 15) is 19.2 Å². The molecule has 0 unspecified atom stereocenters. The number of aryl methyl sites for hydroxylation is 1. The molecule has 2 aliphatic rings. The summed E-state index contributed by atoms with van der Waals surface area (Å²) in [6, 6.07) is 15.6. The average molecular weight is 624 g/mol. The third-order valence-corrected chi connectivity index (χ3v) is 9.52. The molecule has 0 spiro atoms. The fourth-order valence-corrected chi connectivity index (χ4v) is 6.48. The highest BCUT2D eigenvalue weighted by Crippen LogP contribution is 2.32. The molecule has 0 radical (unpaired) electrons. The van der Waals surface area contributed by atoms with Gasteiger partial charge >= 0.3 is 5.69 Å². The van der Waals surface area contributed by atoms with Gasteiger partial charge in [-0.1, -0.05) is 30.3 Å². The van der Waals surface area contributed by atoms with Crippen LogP contribution in [0.3, 0.4) is 0 Å². The zero-order valence-electron chi connectivity index (χ0n) is 26.1. The van der Waals surface area contributed by atoms with Crippen molar-refractivity contribution in [2.45, 2.75) is 70.4 Å². The number of nitrogens with one attached hydrogen (secondary N) is 3. The number of imidazole rings is 1. The smallest absolute Gasteiger partial charge is 0.323 e. The van der Waals surface area contributed by atoms with Gasteiger partial charge in [-0.3, -0.25) is 14.4 Å². The Balaban J connectivity index is 1.18. The minimum Gasteiger partial charge on any atom is -0.348 e. The third-order valence-electron chi connectivity index (χ3n) is 9.52. The highest BCUT2D eigenvalue weighted by molar-refractivity contribution is 6.17. The number of H-pyrrole nitrogens is 2. The molecule has 0 aliphatic heterocycles. The van der Waals surface area contributed by atoms with Crippen molar-refractivity contribution in [2.24, 2.45) is 23.3 Å². The summed E-state index contributed by atoms with van der Waals surface area (Å²) in [6.45, 7) is 2.47. The number of pyridine rings is 1. The predicted molar refractivity (Wildman–Crippen MR) is 177 cm³/mol. The number of anilines is 1. The van der Waals surface area contributed by atoms with Gasteiger partial charge in [0.25, 0.3) is 11.8 Å². The summed E-state index contributed by atoms with van der Waals surface area (Å²) in [5.41, 5.74) is 17.3. The molecule has 11 nitrogen and oxygen atoms in total. The number of benzene rings is 2. The van der Waals surface area contributed by atoms with Crippen molar-refractivity contribution in [1.82, 2.24) is 20.3 Å². The van der Waals surface area contributed by atoms with Crippen LogP contribution in [0.4, 0.5) is 5.69 Å². The van der Waals surface area contributed by atoms with Gasteiger partial charge in [0.05, 0.1) is 22.8 Å². The number of carbonyl (C=O) groups excluding carboxylic acids is 3. The van der Waals surface area contributed by atoms with Gasteiger partial charge in [0.15, 0.2) is 0 Å². The lowest BCUT2D eigenvalue weighted by atomic mass is 9.81. The number of imide groups is 1. The van der Waals surface area contributed by atoms with Crippen molar-refractivity contribution in [3.63, 3.8) is 0 Å². The van der Waals surface area contributed by atoms with Crippen molar-refractivity contribution in [3.8, 4) is 11.1 Å². The molecule has 2 saturated carbocycles. The number of aromatic amines is 2. The van der Waals surface area contributed by atoms with E-state index in [4.69, 9.17) is 11.5 Å². The van der Waals surface area contributed by atoms with E-state index in [2.05, 4.69) is 20.3 Å². The molecule has 2 heterocycles. The summed E-state index contributed by atoms with van der Waals surface area (Å²) in [5.74, 6) is -0.856. The maximum Gasteiger partial charge on any atom is 0.323 e. The molecule has 2 aromatic heterocycles. The van der Waals surface area contributed by atoms with E-state index in [1.54, 1.807) is 24.3 Å². The van der Waals surface area contributed by atoms with E-state index in [1.807, 2.05) is 37.3 Å². The van der Waals surface area contributed by atoms with Crippen molar-refractivity contribution < 1.29 is 14.4 Å². The Morgan fingerprint density at radius 1 is 0.957 bits per heavy atom. The Kier molecular flexibility index (Phi) is 9.14. The molecule has 7 N–H and O–H groups in total. The van der Waals surface area contributed by atoms with Gasteiger partial charge in [0, 0.05) is 23.2 Å². The number of fused-ring (bicyclic) bond motifs is 1. The van der Waals surface area contributed by atoms with Gasteiger partial charge in [-0.15, -0.1) is 0 Å². The van der Waals surface area contributed by atoms with Crippen LogP contribution in [0.2, 0.25) is 0 Å². The first-order valence-corrected chi connectivity index (χ1v) is 16.1. The summed E-state index contributed by atoms with van der Waals surface area (Å²) in [6.07, 6.45) is 6.39. The lowest BCUT2D eigenvalue weighted by Gasteiger charge is -2.32. The molecule has 1 atom stereocenters. The second-order valence-corrected chi connectivity index (χ2v) is 12.7. The fourth-order valence-electron chi connectivity index (χ4n) is 6.48. The predicted octanol–water partition coefficient (Wildman–Crippen LogP) is 3.70. The fraction of sp³-hybridized carbons (Fsp3) is 0.400. The zero-order valence-corrected chi connectivity index (χ0v) is 26.1. The molecule has 3 amide bonds. The van der Waals surface area contributed by atoms with Crippen LogP contribution >= 0.6 is 0 Å². The molecule has 0 saturated heterocycles. The van der Waals surface area contributed by atoms with Crippen LogP contribution < -0.4 is 27.4 Å². The van der Waals surface area contributed by atoms with E-state index in [0.29, 0.717) is 47.7 Å². The quantitative estimate of drug-likeness (QED) is 0.188. The highest BCUT2D eigenvalue weighted by atomic mass is 16.2. The van der Waals surface area contributed by atoms with Gasteiger partial charge in [-0.05, 0) is 106 Å². The van der Waals surface area contributed by atoms with Crippen LogP contribution in [-0.2, 0) is 16.0 Å². The van der Waals surface area contributed by atoms with Crippen molar-refractivity contribution in [2.75, 3.05) is 11.4 Å². The maximum atomic E-state index is 13.9. The van der Waals surface area contributed by atoms with E-state index < -0.39 is 11.9 Å². The normalized spacial score (nSPS) is 18.9. The molecule has 11 heteroatoms. The largest absolute Gasteiger partial charge is 0.348 e. The molecule has 240 valence electrons. The Labute approximate surface area is 267 Å². The minimum atomic E-state index is -0.979. The molecular formula is C35H41N7O4. The lowest BCUT2D eigenvalue weighted by Crippen LogP contribution is -2.50. The lowest BCUT2D eigenvalue weighted by molar-refractivity contribution is -0.130. The Morgan fingerprint density at radius 3 is 2.33 bits per heavy atom. The molecule has 2 aromatic carbocycles. The van der Waals surface area contributed by atoms with Gasteiger partial charge in [0.1, 0.15) is 5.69 Å². The molecule has 2 fully saturated rings. The highest BCUT2D eigenvalue weighted by Gasteiger charge is 2.35. The number of carbonyl (C=O) groups is 3. The topological polar surface area (TPSA) is 180 Å². The Morgan fingerprint density at radius 2 is 1.67 bits per heavy atom. The molecule has 2 aliphatic carbocycles. The number of nitrogens with zero attached hydrogens (tertiary/aromatic N) is 2. The van der Waals surface area contributed by atoms with Crippen LogP contribution in [0.15, 0.2) is 59.4 Å². The molecule has 46 heavy (non-hydrogen) atoms. The number of nitrogens with two attached hydrogens (primary N) is 2. The third kappa shape index (κ3) is 6.66. The molecular weight excluding hydrogens is 582 g/mol. The first kappa shape index (κ1) is 31.4. The SMILES string of the molecule is Cc1nc(C(=O)NC2CCC2)ccc1-c1ccc(C[C@H](N)C(=O)N(C(=O)C2CCC(CN)CC2)c2ccc3[nH]c(=O)[nH]c3c2)cc1. The van der Waals surface area contributed by atoms with Crippen molar-refractivity contribution in [1.29, 1.82) is 0 Å². The average Bonchev–Trinajstić information content (AvgIpc) is 3.42. The first-order valence-electron chi connectivity index (χ1n) is 16.1. The monoisotopic (exact) mass is 623 g/mol. The molecule has 0 bridgehead atoms. The Hall–Kier alpha value is -4.61. The van der Waals surface area contributed by atoms with Crippen LogP contribution in [0.1, 0.15) is 66.7 Å². The number of hydrogen-bond donors (Lipinski definition) is 5. The standard InChI is InChI=1S/C35H41N7O4/c1-20-27(14-16-30(38-20)32(43)39-25-3-2-4-25)23-9-5-21(6-10-23)17-28(37)34(45)42(33(44)24-11-7-22(19-36)8-12-24)26-13-15-29-31(18-26)41-35(46)40-29/h5-6,9-10,13-16,18,22,24-25,28H,2-4,7-8,11-12,17,19,36-37H2,1H3,(H,39,43)(H2,40,41,46)/t22?,24?,28-/m0/s1. The molecule has 4 aromatic rings. The van der Waals surface area contributed by atoms with Crippen molar-refractivity contribution in [3.05, 3.63) is 82.0 Å². The number of aromatic nitrogens is 3. The van der Waals surface area contributed by atoms with E-state index in [0.717, 1.165) is 54.5 Å². The summed E-state index contributed by atoms with van der Waals surface area (Å²) in [4.78, 5) is 63.4. The van der Waals surface area contributed by atoms with E-state index in [-0.39, 0.29) is 35.9 Å². The van der Waals surface area contributed by atoms with Crippen LogP contribution in [0, 0.1) is 18.8 Å². The zero-order chi connectivity index (χ0) is 32.4. The minimum absolute atomic E-state index is 0.148. The van der Waals surface area contributed by atoms with E-state index in [1.165, 1.54) is 4.90 Å². The maximum absolute atomic E-state index is 13.9. The van der Waals surface area contributed by atoms with Gasteiger partial charge in [-0.2, -0.15) is 0 Å². The number of rotatable bonds is 9. The second-order valence-electron chi connectivity index (χ2n) is 12.7. The van der Waals surface area contributed by atoms with E-state index >= 15 is 0 Å². The summed E-state index contributed by atoms with van der Waals surface area (Å²) < 4.78 is 0. The van der Waals surface area contributed by atoms with Crippen LogP contribution in [0.5, 0.6) is 0 Å². The van der Waals surface area contributed by atoms with Crippen LogP contribution in [-0.4, -0.2) is 51.3 Å². The van der Waals surface area contributed by atoms with Gasteiger partial charge in [-0.25, -0.2) is 14.7 Å². The van der Waals surface area contributed by atoms with Crippen molar-refractivity contribution >= 4 is 34.4 Å². The van der Waals surface area contributed by atoms with Gasteiger partial charge < -0.3 is 26.8 Å². The molecule has 6 rings (SSSR count). The second kappa shape index (κ2) is 13.4. The van der Waals surface area contributed by atoms with Gasteiger partial charge in [0.2, 0.25) is 5.91 Å². The number of amides is 3. The van der Waals surface area contributed by atoms with Crippen LogP contribution in [0.25, 0.3) is 22.2 Å². The summed E-state index contributed by atoms with van der Waals surface area (Å²) in [5, 5.41) is 3.02. The first-order chi connectivity index (χ1) is 22.2. The summed E-state index contributed by atoms with van der Waals surface area (Å²) >= 11 is 0.